The fourth-order valence-electron chi connectivity index (χ4n) is 0.610. The van der Waals surface area contributed by atoms with Crippen LogP contribution >= 0.6 is 7.82 Å². The first kappa shape index (κ1) is 15.1. The molecule has 0 aliphatic carbocycles. The Morgan fingerprint density at radius 1 is 1.13 bits per heavy atom. The van der Waals surface area contributed by atoms with Gasteiger partial charge in [0.1, 0.15) is 0 Å². The summed E-state index contributed by atoms with van der Waals surface area (Å²) in [5, 5.41) is -0.799. The second-order valence-corrected chi connectivity index (χ2v) is 6.83. The van der Waals surface area contributed by atoms with E-state index in [0.29, 0.717) is 0 Å². The third-order valence-corrected chi connectivity index (χ3v) is 5.21. The SMILES string of the molecule is CCOP(=O)(OCC)OS(=O)(=O)C(C)C. The first-order valence-corrected chi connectivity index (χ1v) is 7.54. The van der Waals surface area contributed by atoms with E-state index in [4.69, 9.17) is 0 Å². The van der Waals surface area contributed by atoms with Gasteiger partial charge in [0.25, 0.3) is 10.1 Å². The lowest BCUT2D eigenvalue weighted by Crippen LogP contribution is -2.17. The van der Waals surface area contributed by atoms with Crippen molar-refractivity contribution in [1.29, 1.82) is 0 Å². The molecule has 0 saturated heterocycles. The Morgan fingerprint density at radius 2 is 1.53 bits per heavy atom. The Labute approximate surface area is 90.7 Å². The summed E-state index contributed by atoms with van der Waals surface area (Å²) in [6.07, 6.45) is 0. The predicted molar refractivity (Wildman–Crippen MR) is 56.0 cm³/mol. The first-order chi connectivity index (χ1) is 6.77. The van der Waals surface area contributed by atoms with Gasteiger partial charge in [-0.3, -0.25) is 9.05 Å². The van der Waals surface area contributed by atoms with Gasteiger partial charge in [0.15, 0.2) is 0 Å². The van der Waals surface area contributed by atoms with Crippen LogP contribution < -0.4 is 0 Å². The van der Waals surface area contributed by atoms with E-state index in [9.17, 15) is 13.0 Å². The fourth-order valence-corrected chi connectivity index (χ4v) is 3.37. The third kappa shape index (κ3) is 5.08. The Bertz CT molecular complexity index is 312. The van der Waals surface area contributed by atoms with Crippen molar-refractivity contribution in [3.8, 4) is 0 Å². The minimum Gasteiger partial charge on any atom is -0.286 e. The maximum Gasteiger partial charge on any atom is 0.489 e. The van der Waals surface area contributed by atoms with Crippen LogP contribution in [-0.4, -0.2) is 26.9 Å². The lowest BCUT2D eigenvalue weighted by atomic mass is 10.6. The largest absolute Gasteiger partial charge is 0.489 e. The van der Waals surface area contributed by atoms with Crippen LogP contribution in [0, 0.1) is 0 Å². The molecule has 0 spiro atoms. The van der Waals surface area contributed by atoms with Crippen molar-refractivity contribution >= 4 is 17.9 Å². The minimum absolute atomic E-state index is 0.0465. The highest BCUT2D eigenvalue weighted by Crippen LogP contribution is 2.51. The number of hydrogen-bond donors (Lipinski definition) is 0. The van der Waals surface area contributed by atoms with E-state index in [1.54, 1.807) is 13.8 Å². The Hall–Kier alpha value is 0.0600. The van der Waals surface area contributed by atoms with E-state index in [-0.39, 0.29) is 13.2 Å². The lowest BCUT2D eigenvalue weighted by molar-refractivity contribution is 0.169. The van der Waals surface area contributed by atoms with Crippen molar-refractivity contribution < 1.29 is 26.0 Å². The summed E-state index contributed by atoms with van der Waals surface area (Å²) >= 11 is 0. The summed E-state index contributed by atoms with van der Waals surface area (Å²) < 4.78 is 48.2. The standard InChI is InChI=1S/C7H17O6PS/c1-5-11-14(8,12-6-2)13-15(9,10)7(3)4/h7H,5-6H2,1-4H3. The van der Waals surface area contributed by atoms with Crippen molar-refractivity contribution in [2.24, 2.45) is 0 Å². The average molecular weight is 260 g/mol. The second-order valence-electron chi connectivity index (χ2n) is 2.90. The molecule has 6 nitrogen and oxygen atoms in total. The molecule has 0 bridgehead atoms. The zero-order valence-corrected chi connectivity index (χ0v) is 11.0. The molecule has 0 heterocycles. The molecule has 0 saturated carbocycles. The van der Waals surface area contributed by atoms with Crippen LogP contribution in [-0.2, 0) is 27.7 Å². The summed E-state index contributed by atoms with van der Waals surface area (Å²) in [6, 6.07) is 0. The molecule has 0 atom stereocenters. The molecule has 0 rings (SSSR count). The highest BCUT2D eigenvalue weighted by molar-refractivity contribution is 7.91. The van der Waals surface area contributed by atoms with Crippen molar-refractivity contribution in [3.05, 3.63) is 0 Å². The monoisotopic (exact) mass is 260 g/mol. The third-order valence-electron chi connectivity index (χ3n) is 1.35. The average Bonchev–Trinajstić information content (AvgIpc) is 2.02. The Kier molecular flexibility index (Phi) is 5.98. The van der Waals surface area contributed by atoms with Crippen LogP contribution in [0.1, 0.15) is 27.7 Å². The maximum atomic E-state index is 11.7. The van der Waals surface area contributed by atoms with Gasteiger partial charge >= 0.3 is 7.82 Å². The second kappa shape index (κ2) is 5.96. The molecule has 8 heteroatoms. The molecule has 0 aromatic carbocycles. The topological polar surface area (TPSA) is 78.9 Å². The predicted octanol–water partition coefficient (Wildman–Crippen LogP) is 1.92. The molecule has 0 aliphatic rings. The molecule has 0 aromatic rings. The van der Waals surface area contributed by atoms with E-state index in [1.165, 1.54) is 13.8 Å². The molecule has 0 amide bonds. The van der Waals surface area contributed by atoms with Gasteiger partial charge in [-0.25, -0.2) is 4.57 Å². The lowest BCUT2D eigenvalue weighted by Gasteiger charge is -2.17. The zero-order valence-electron chi connectivity index (χ0n) is 9.30. The van der Waals surface area contributed by atoms with Crippen molar-refractivity contribution in [2.45, 2.75) is 32.9 Å². The number of hydrogen-bond acceptors (Lipinski definition) is 6. The van der Waals surface area contributed by atoms with Crippen LogP contribution in [0.3, 0.4) is 0 Å². The van der Waals surface area contributed by atoms with E-state index >= 15 is 0 Å². The maximum absolute atomic E-state index is 11.7. The first-order valence-electron chi connectivity index (χ1n) is 4.61. The molecule has 0 radical (unpaired) electrons. The molecule has 0 aliphatic heterocycles. The van der Waals surface area contributed by atoms with Crippen LogP contribution in [0.5, 0.6) is 0 Å². The van der Waals surface area contributed by atoms with Crippen molar-refractivity contribution in [1.82, 2.24) is 0 Å². The molecule has 0 N–H and O–H groups in total. The van der Waals surface area contributed by atoms with E-state index in [0.717, 1.165) is 0 Å². The van der Waals surface area contributed by atoms with Crippen LogP contribution in [0.15, 0.2) is 0 Å². The van der Waals surface area contributed by atoms with Gasteiger partial charge in [-0.2, -0.15) is 12.4 Å². The minimum atomic E-state index is -3.98. The zero-order chi connectivity index (χ0) is 12.1. The summed E-state index contributed by atoms with van der Waals surface area (Å²) in [5.74, 6) is 0. The molecular formula is C7H17O6PS. The summed E-state index contributed by atoms with van der Waals surface area (Å²) in [4.78, 5) is 0. The van der Waals surface area contributed by atoms with E-state index in [2.05, 4.69) is 13.0 Å². The fraction of sp³-hybridized carbons (Fsp3) is 1.00. The Morgan fingerprint density at radius 3 is 1.80 bits per heavy atom. The van der Waals surface area contributed by atoms with Crippen molar-refractivity contribution in [2.75, 3.05) is 13.2 Å². The van der Waals surface area contributed by atoms with Crippen LogP contribution in [0.25, 0.3) is 0 Å². The van der Waals surface area contributed by atoms with Gasteiger partial charge in [-0.1, -0.05) is 0 Å². The van der Waals surface area contributed by atoms with Crippen LogP contribution in [0.2, 0.25) is 0 Å². The summed E-state index contributed by atoms with van der Waals surface area (Å²) in [5.41, 5.74) is 0. The number of phosphoric ester groups is 1. The number of rotatable bonds is 7. The quantitative estimate of drug-likeness (QED) is 0.651. The molecule has 0 aromatic heterocycles. The van der Waals surface area contributed by atoms with Gasteiger partial charge in [0.2, 0.25) is 0 Å². The summed E-state index contributed by atoms with van der Waals surface area (Å²) in [6.45, 7) is 6.05. The van der Waals surface area contributed by atoms with Gasteiger partial charge < -0.3 is 0 Å². The molecule has 15 heavy (non-hydrogen) atoms. The number of phosphoric acid groups is 1. The van der Waals surface area contributed by atoms with E-state index in [1.807, 2.05) is 0 Å². The van der Waals surface area contributed by atoms with E-state index < -0.39 is 23.2 Å². The van der Waals surface area contributed by atoms with Gasteiger partial charge in [0, 0.05) is 0 Å². The Balaban J connectivity index is 4.77. The normalized spacial score (nSPS) is 13.4. The van der Waals surface area contributed by atoms with Gasteiger partial charge in [-0.15, -0.1) is 0 Å². The molecule has 92 valence electrons. The highest BCUT2D eigenvalue weighted by Gasteiger charge is 2.34. The highest BCUT2D eigenvalue weighted by atomic mass is 32.2. The molecule has 0 unspecified atom stereocenters. The van der Waals surface area contributed by atoms with Crippen LogP contribution in [0.4, 0.5) is 0 Å². The molecule has 0 fully saturated rings. The smallest absolute Gasteiger partial charge is 0.286 e. The molecular weight excluding hydrogens is 243 g/mol. The van der Waals surface area contributed by atoms with Gasteiger partial charge in [0.05, 0.1) is 18.5 Å². The summed E-state index contributed by atoms with van der Waals surface area (Å²) in [7, 11) is -7.90. The van der Waals surface area contributed by atoms with Crippen molar-refractivity contribution in [3.63, 3.8) is 0 Å². The van der Waals surface area contributed by atoms with Gasteiger partial charge in [-0.05, 0) is 27.7 Å².